The van der Waals surface area contributed by atoms with Crippen molar-refractivity contribution in [3.63, 3.8) is 0 Å². The summed E-state index contributed by atoms with van der Waals surface area (Å²) in [7, 11) is 0. The van der Waals surface area contributed by atoms with Gasteiger partial charge in [-0.15, -0.1) is 0 Å². The molecule has 7 heteroatoms. The van der Waals surface area contributed by atoms with Gasteiger partial charge in [0.2, 0.25) is 5.91 Å². The SMILES string of the molecule is O=C1N(Cc2cccc(Cl)c2)C[C@@H]2C[C@@H](c3cccc4nonc34)N3CCC[C@@]123. The van der Waals surface area contributed by atoms with Gasteiger partial charge in [-0.05, 0) is 59.9 Å². The molecule has 1 amide bonds. The van der Waals surface area contributed by atoms with Crippen molar-refractivity contribution in [1.82, 2.24) is 20.1 Å². The quantitative estimate of drug-likeness (QED) is 0.659. The summed E-state index contributed by atoms with van der Waals surface area (Å²) in [6.07, 6.45) is 2.95. The van der Waals surface area contributed by atoms with Gasteiger partial charge in [0.15, 0.2) is 0 Å². The molecule has 0 aliphatic carbocycles. The number of benzene rings is 2. The third-order valence-corrected chi connectivity index (χ3v) is 7.30. The Labute approximate surface area is 173 Å². The lowest BCUT2D eigenvalue weighted by molar-refractivity contribution is -0.137. The van der Waals surface area contributed by atoms with Gasteiger partial charge in [-0.25, -0.2) is 4.63 Å². The average molecular weight is 409 g/mol. The minimum absolute atomic E-state index is 0.190. The molecular weight excluding hydrogens is 388 g/mol. The van der Waals surface area contributed by atoms with E-state index < -0.39 is 0 Å². The molecule has 3 aliphatic heterocycles. The monoisotopic (exact) mass is 408 g/mol. The van der Waals surface area contributed by atoms with E-state index >= 15 is 0 Å². The summed E-state index contributed by atoms with van der Waals surface area (Å²) in [5.74, 6) is 0.602. The Bertz CT molecular complexity index is 1110. The molecule has 0 radical (unpaired) electrons. The van der Waals surface area contributed by atoms with Gasteiger partial charge in [-0.3, -0.25) is 9.69 Å². The second kappa shape index (κ2) is 6.28. The van der Waals surface area contributed by atoms with E-state index in [4.69, 9.17) is 16.2 Å². The van der Waals surface area contributed by atoms with Crippen LogP contribution in [0.15, 0.2) is 47.1 Å². The van der Waals surface area contributed by atoms with Crippen molar-refractivity contribution < 1.29 is 9.42 Å². The van der Waals surface area contributed by atoms with Crippen molar-refractivity contribution in [1.29, 1.82) is 0 Å². The highest BCUT2D eigenvalue weighted by Crippen LogP contribution is 2.56. The van der Waals surface area contributed by atoms with Crippen LogP contribution < -0.4 is 0 Å². The van der Waals surface area contributed by atoms with Crippen LogP contribution in [-0.2, 0) is 11.3 Å². The van der Waals surface area contributed by atoms with Gasteiger partial charge in [0.1, 0.15) is 16.6 Å². The van der Waals surface area contributed by atoms with Crippen LogP contribution in [0.2, 0.25) is 5.02 Å². The number of fused-ring (bicyclic) bond motifs is 1. The molecular formula is C22H21ClN4O2. The molecule has 2 aromatic carbocycles. The summed E-state index contributed by atoms with van der Waals surface area (Å²) in [5, 5.41) is 8.86. The zero-order chi connectivity index (χ0) is 19.6. The number of aromatic nitrogens is 2. The van der Waals surface area contributed by atoms with Crippen LogP contribution in [0.3, 0.4) is 0 Å². The van der Waals surface area contributed by atoms with E-state index in [0.717, 1.165) is 54.5 Å². The Morgan fingerprint density at radius 1 is 1.21 bits per heavy atom. The highest BCUT2D eigenvalue weighted by atomic mass is 35.5. The second-order valence-corrected chi connectivity index (χ2v) is 8.90. The number of hydrogen-bond donors (Lipinski definition) is 0. The lowest BCUT2D eigenvalue weighted by Crippen LogP contribution is -2.49. The molecule has 6 nitrogen and oxygen atoms in total. The number of carbonyl (C=O) groups excluding carboxylic acids is 1. The van der Waals surface area contributed by atoms with E-state index in [1.165, 1.54) is 0 Å². The summed E-state index contributed by atoms with van der Waals surface area (Å²) in [6.45, 7) is 2.36. The van der Waals surface area contributed by atoms with Crippen molar-refractivity contribution >= 4 is 28.5 Å². The Balaban J connectivity index is 1.33. The number of rotatable bonds is 3. The summed E-state index contributed by atoms with van der Waals surface area (Å²) in [6, 6.07) is 14.0. The van der Waals surface area contributed by atoms with Crippen molar-refractivity contribution in [2.75, 3.05) is 13.1 Å². The minimum Gasteiger partial charge on any atom is -0.336 e. The fourth-order valence-electron chi connectivity index (χ4n) is 5.96. The molecule has 0 saturated carbocycles. The standard InChI is InChI=1S/C22H21ClN4O2/c23-16-5-1-4-14(10-16)12-26-13-15-11-19(27-9-3-8-22(15,27)21(26)28)17-6-2-7-18-20(17)25-29-24-18/h1-2,4-7,10,15,19H,3,8-9,11-13H2/t15-,19-,22-/m0/s1. The summed E-state index contributed by atoms with van der Waals surface area (Å²) < 4.78 is 4.98. The van der Waals surface area contributed by atoms with Gasteiger partial charge in [0.05, 0.1) is 0 Å². The minimum atomic E-state index is -0.372. The molecule has 29 heavy (non-hydrogen) atoms. The lowest BCUT2D eigenvalue weighted by atomic mass is 9.85. The number of likely N-dealkylation sites (tertiary alicyclic amines) is 1. The second-order valence-electron chi connectivity index (χ2n) is 8.46. The van der Waals surface area contributed by atoms with Gasteiger partial charge in [-0.2, -0.15) is 0 Å². The molecule has 4 heterocycles. The van der Waals surface area contributed by atoms with Crippen LogP contribution in [0, 0.1) is 5.92 Å². The predicted octanol–water partition coefficient (Wildman–Crippen LogP) is 3.81. The first-order valence-corrected chi connectivity index (χ1v) is 10.6. The lowest BCUT2D eigenvalue weighted by Gasteiger charge is -2.33. The zero-order valence-electron chi connectivity index (χ0n) is 15.9. The van der Waals surface area contributed by atoms with E-state index in [2.05, 4.69) is 21.3 Å². The van der Waals surface area contributed by atoms with Crippen LogP contribution in [-0.4, -0.2) is 44.6 Å². The van der Waals surface area contributed by atoms with Gasteiger partial charge in [-0.1, -0.05) is 35.9 Å². The van der Waals surface area contributed by atoms with Crippen molar-refractivity contribution in [2.24, 2.45) is 5.92 Å². The molecule has 6 rings (SSSR count). The van der Waals surface area contributed by atoms with E-state index in [9.17, 15) is 4.79 Å². The third kappa shape index (κ3) is 2.42. The number of carbonyl (C=O) groups is 1. The first-order valence-electron chi connectivity index (χ1n) is 10.2. The van der Waals surface area contributed by atoms with E-state index in [1.54, 1.807) is 0 Å². The zero-order valence-corrected chi connectivity index (χ0v) is 16.7. The van der Waals surface area contributed by atoms with Crippen LogP contribution in [0.1, 0.15) is 36.4 Å². The molecule has 0 unspecified atom stereocenters. The summed E-state index contributed by atoms with van der Waals surface area (Å²) >= 11 is 6.15. The molecule has 148 valence electrons. The maximum Gasteiger partial charge on any atom is 0.243 e. The largest absolute Gasteiger partial charge is 0.336 e. The van der Waals surface area contributed by atoms with Gasteiger partial charge in [0, 0.05) is 35.6 Å². The Hall–Kier alpha value is -2.44. The van der Waals surface area contributed by atoms with E-state index in [-0.39, 0.29) is 17.5 Å². The molecule has 3 atom stereocenters. The number of halogens is 1. The molecule has 3 aromatic rings. The topological polar surface area (TPSA) is 62.5 Å². The highest BCUT2D eigenvalue weighted by Gasteiger charge is 2.65. The number of amides is 1. The van der Waals surface area contributed by atoms with Gasteiger partial charge >= 0.3 is 0 Å². The molecule has 3 saturated heterocycles. The fourth-order valence-corrected chi connectivity index (χ4v) is 6.17. The van der Waals surface area contributed by atoms with Crippen molar-refractivity contribution in [3.05, 3.63) is 58.6 Å². The Kier molecular flexibility index (Phi) is 3.77. The van der Waals surface area contributed by atoms with Crippen LogP contribution >= 0.6 is 11.6 Å². The van der Waals surface area contributed by atoms with Gasteiger partial charge in [0.25, 0.3) is 0 Å². The maximum atomic E-state index is 13.7. The highest BCUT2D eigenvalue weighted by molar-refractivity contribution is 6.30. The Morgan fingerprint density at radius 3 is 3.00 bits per heavy atom. The molecule has 1 spiro atoms. The summed E-state index contributed by atoms with van der Waals surface area (Å²) in [5.41, 5.74) is 3.45. The Morgan fingerprint density at radius 2 is 2.10 bits per heavy atom. The fraction of sp³-hybridized carbons (Fsp3) is 0.409. The predicted molar refractivity (Wildman–Crippen MR) is 108 cm³/mol. The molecule has 0 bridgehead atoms. The average Bonchev–Trinajstić information content (AvgIpc) is 3.45. The van der Waals surface area contributed by atoms with Crippen LogP contribution in [0.5, 0.6) is 0 Å². The van der Waals surface area contributed by atoms with Crippen molar-refractivity contribution in [2.45, 2.75) is 37.4 Å². The van der Waals surface area contributed by atoms with E-state index in [0.29, 0.717) is 17.5 Å². The van der Waals surface area contributed by atoms with Crippen molar-refractivity contribution in [3.8, 4) is 0 Å². The first-order chi connectivity index (χ1) is 14.2. The smallest absolute Gasteiger partial charge is 0.243 e. The molecule has 3 aliphatic rings. The van der Waals surface area contributed by atoms with E-state index in [1.807, 2.05) is 41.3 Å². The first kappa shape index (κ1) is 17.4. The van der Waals surface area contributed by atoms with Gasteiger partial charge < -0.3 is 4.90 Å². The normalized spacial score (nSPS) is 29.0. The maximum absolute atomic E-state index is 13.7. The third-order valence-electron chi connectivity index (χ3n) is 7.07. The van der Waals surface area contributed by atoms with Crippen LogP contribution in [0.25, 0.3) is 11.0 Å². The molecule has 3 fully saturated rings. The number of nitrogens with zero attached hydrogens (tertiary/aromatic N) is 4. The summed E-state index contributed by atoms with van der Waals surface area (Å²) in [4.78, 5) is 18.2. The molecule has 1 aromatic heterocycles. The number of hydrogen-bond acceptors (Lipinski definition) is 5. The molecule has 0 N–H and O–H groups in total. The van der Waals surface area contributed by atoms with Crippen LogP contribution in [0.4, 0.5) is 0 Å².